The van der Waals surface area contributed by atoms with Gasteiger partial charge in [-0.2, -0.15) is 0 Å². The molecule has 0 atom stereocenters. The Balaban J connectivity index is 1.85. The molecule has 0 spiro atoms. The van der Waals surface area contributed by atoms with Gasteiger partial charge in [-0.1, -0.05) is 27.5 Å². The van der Waals surface area contributed by atoms with Gasteiger partial charge in [-0.3, -0.25) is 4.79 Å². The predicted molar refractivity (Wildman–Crippen MR) is 80.1 cm³/mol. The Hall–Kier alpha value is -0.740. The molecule has 1 aromatic carbocycles. The van der Waals surface area contributed by atoms with Crippen LogP contribution in [0.5, 0.6) is 5.75 Å². The summed E-state index contributed by atoms with van der Waals surface area (Å²) in [5.41, 5.74) is 0.483. The fourth-order valence-corrected chi connectivity index (χ4v) is 3.02. The number of halogens is 2. The summed E-state index contributed by atoms with van der Waals surface area (Å²) in [5.74, 6) is 0.419. The van der Waals surface area contributed by atoms with Crippen LogP contribution in [0.1, 0.15) is 36.0 Å². The molecule has 1 saturated carbocycles. The normalized spacial score (nSPS) is 23.1. The Bertz CT molecular complexity index is 459. The number of phenolic OH excluding ortho intramolecular Hbond substituents is 1. The molecule has 5 heteroatoms. The molecule has 1 amide bonds. The molecule has 19 heavy (non-hydrogen) atoms. The number of phenols is 1. The molecule has 0 unspecified atom stereocenters. The van der Waals surface area contributed by atoms with E-state index in [0.717, 1.165) is 12.8 Å². The summed E-state index contributed by atoms with van der Waals surface area (Å²) in [7, 11) is 0. The van der Waals surface area contributed by atoms with Crippen LogP contribution in [0.15, 0.2) is 18.2 Å². The van der Waals surface area contributed by atoms with E-state index in [9.17, 15) is 9.90 Å². The lowest BCUT2D eigenvalue weighted by Gasteiger charge is -2.25. The highest BCUT2D eigenvalue weighted by atomic mass is 79.9. The third-order valence-corrected chi connectivity index (χ3v) is 4.76. The molecule has 0 bridgehead atoms. The molecular weight excluding hydrogens is 330 g/mol. The molecular formula is C14H17BrClNO2. The first-order chi connectivity index (χ1) is 9.06. The zero-order chi connectivity index (χ0) is 13.8. The summed E-state index contributed by atoms with van der Waals surface area (Å²) >= 11 is 9.41. The van der Waals surface area contributed by atoms with E-state index in [2.05, 4.69) is 21.2 Å². The summed E-state index contributed by atoms with van der Waals surface area (Å²) in [4.78, 5) is 12.6. The number of rotatable bonds is 3. The summed E-state index contributed by atoms with van der Waals surface area (Å²) < 4.78 is 0. The molecule has 104 valence electrons. The van der Waals surface area contributed by atoms with Crippen molar-refractivity contribution in [2.75, 3.05) is 6.54 Å². The van der Waals surface area contributed by atoms with E-state index in [1.54, 1.807) is 6.07 Å². The van der Waals surface area contributed by atoms with E-state index < -0.39 is 0 Å². The van der Waals surface area contributed by atoms with Crippen molar-refractivity contribution in [1.29, 1.82) is 0 Å². The van der Waals surface area contributed by atoms with Crippen molar-refractivity contribution in [2.24, 2.45) is 5.92 Å². The summed E-state index contributed by atoms with van der Waals surface area (Å²) in [6.07, 6.45) is 4.64. The number of benzene rings is 1. The third-order valence-electron chi connectivity index (χ3n) is 3.54. The lowest BCUT2D eigenvalue weighted by molar-refractivity contribution is 0.0944. The van der Waals surface area contributed by atoms with Gasteiger partial charge in [0.15, 0.2) is 0 Å². The van der Waals surface area contributed by atoms with Crippen LogP contribution in [-0.4, -0.2) is 22.4 Å². The first kappa shape index (κ1) is 14.7. The van der Waals surface area contributed by atoms with Crippen LogP contribution in [0.25, 0.3) is 0 Å². The second-order valence-electron chi connectivity index (χ2n) is 4.99. The molecule has 1 fully saturated rings. The van der Waals surface area contributed by atoms with Gasteiger partial charge in [-0.05, 0) is 49.8 Å². The van der Waals surface area contributed by atoms with Gasteiger partial charge in [-0.25, -0.2) is 0 Å². The molecule has 0 aromatic heterocycles. The van der Waals surface area contributed by atoms with Crippen LogP contribution in [0.2, 0.25) is 5.02 Å². The number of nitrogens with one attached hydrogen (secondary N) is 1. The smallest absolute Gasteiger partial charge is 0.251 e. The van der Waals surface area contributed by atoms with Crippen LogP contribution in [0.4, 0.5) is 0 Å². The molecule has 1 aromatic rings. The summed E-state index contributed by atoms with van der Waals surface area (Å²) in [6, 6.07) is 4.50. The first-order valence-electron chi connectivity index (χ1n) is 6.47. The van der Waals surface area contributed by atoms with Crippen LogP contribution in [-0.2, 0) is 0 Å². The van der Waals surface area contributed by atoms with E-state index >= 15 is 0 Å². The largest absolute Gasteiger partial charge is 0.506 e. The Morgan fingerprint density at radius 1 is 1.37 bits per heavy atom. The van der Waals surface area contributed by atoms with Gasteiger partial charge in [0.25, 0.3) is 5.91 Å². The van der Waals surface area contributed by atoms with Gasteiger partial charge in [0.05, 0.1) is 5.02 Å². The van der Waals surface area contributed by atoms with Crippen molar-refractivity contribution in [1.82, 2.24) is 5.32 Å². The van der Waals surface area contributed by atoms with E-state index in [0.29, 0.717) is 22.9 Å². The minimum Gasteiger partial charge on any atom is -0.506 e. The standard InChI is InChI=1S/C14H17BrClNO2/c15-11-4-1-9(2-5-11)8-17-14(19)10-3-6-13(18)12(16)7-10/h3,6-7,9,11,18H,1-2,4-5,8H2,(H,17,19). The number of carbonyl (C=O) groups excluding carboxylic acids is 1. The van der Waals surface area contributed by atoms with Gasteiger partial charge >= 0.3 is 0 Å². The summed E-state index contributed by atoms with van der Waals surface area (Å²) in [6.45, 7) is 0.705. The van der Waals surface area contributed by atoms with Gasteiger partial charge in [0, 0.05) is 16.9 Å². The lowest BCUT2D eigenvalue weighted by atomic mass is 9.89. The maximum Gasteiger partial charge on any atom is 0.251 e. The molecule has 1 aliphatic carbocycles. The zero-order valence-electron chi connectivity index (χ0n) is 10.5. The third kappa shape index (κ3) is 4.11. The highest BCUT2D eigenvalue weighted by Gasteiger charge is 2.19. The average molecular weight is 347 g/mol. The van der Waals surface area contributed by atoms with Gasteiger partial charge in [-0.15, -0.1) is 0 Å². The van der Waals surface area contributed by atoms with Crippen molar-refractivity contribution in [3.8, 4) is 5.75 Å². The Morgan fingerprint density at radius 3 is 2.68 bits per heavy atom. The summed E-state index contributed by atoms with van der Waals surface area (Å²) in [5, 5.41) is 12.5. The molecule has 0 heterocycles. The zero-order valence-corrected chi connectivity index (χ0v) is 12.9. The van der Waals surface area contributed by atoms with E-state index in [4.69, 9.17) is 11.6 Å². The van der Waals surface area contributed by atoms with Crippen LogP contribution in [0.3, 0.4) is 0 Å². The highest BCUT2D eigenvalue weighted by molar-refractivity contribution is 9.09. The van der Waals surface area contributed by atoms with Gasteiger partial charge in [0.1, 0.15) is 5.75 Å². The molecule has 3 nitrogen and oxygen atoms in total. The van der Waals surface area contributed by atoms with Crippen molar-refractivity contribution < 1.29 is 9.90 Å². The monoisotopic (exact) mass is 345 g/mol. The molecule has 0 radical (unpaired) electrons. The fourth-order valence-electron chi connectivity index (χ4n) is 2.31. The first-order valence-corrected chi connectivity index (χ1v) is 7.76. The van der Waals surface area contributed by atoms with Crippen LogP contribution < -0.4 is 5.32 Å². The minimum atomic E-state index is -0.136. The number of alkyl halides is 1. The van der Waals surface area contributed by atoms with Gasteiger partial charge in [0.2, 0.25) is 0 Å². The SMILES string of the molecule is O=C(NCC1CCC(Br)CC1)c1ccc(O)c(Cl)c1. The van der Waals surface area contributed by atoms with Crippen molar-refractivity contribution >= 4 is 33.4 Å². The lowest BCUT2D eigenvalue weighted by Crippen LogP contribution is -2.31. The fraction of sp³-hybridized carbons (Fsp3) is 0.500. The Morgan fingerprint density at radius 2 is 2.05 bits per heavy atom. The number of aromatic hydroxyl groups is 1. The molecule has 1 aliphatic rings. The molecule has 2 N–H and O–H groups in total. The van der Waals surface area contributed by atoms with Crippen molar-refractivity contribution in [2.45, 2.75) is 30.5 Å². The molecule has 0 aliphatic heterocycles. The quantitative estimate of drug-likeness (QED) is 0.819. The van der Waals surface area contributed by atoms with Crippen LogP contribution >= 0.6 is 27.5 Å². The van der Waals surface area contributed by atoms with Crippen LogP contribution in [0, 0.1) is 5.92 Å². The molecule has 0 saturated heterocycles. The van der Waals surface area contributed by atoms with Crippen molar-refractivity contribution in [3.63, 3.8) is 0 Å². The minimum absolute atomic E-state index is 0.00569. The Labute approximate surface area is 126 Å². The van der Waals surface area contributed by atoms with E-state index in [-0.39, 0.29) is 16.7 Å². The topological polar surface area (TPSA) is 49.3 Å². The number of amides is 1. The van der Waals surface area contributed by atoms with E-state index in [1.807, 2.05) is 0 Å². The second kappa shape index (κ2) is 6.62. The maximum absolute atomic E-state index is 12.0. The van der Waals surface area contributed by atoms with Crippen molar-refractivity contribution in [3.05, 3.63) is 28.8 Å². The predicted octanol–water partition coefficient (Wildman–Crippen LogP) is 3.73. The van der Waals surface area contributed by atoms with Gasteiger partial charge < -0.3 is 10.4 Å². The number of hydrogen-bond acceptors (Lipinski definition) is 2. The second-order valence-corrected chi connectivity index (χ2v) is 6.70. The highest BCUT2D eigenvalue weighted by Crippen LogP contribution is 2.28. The Kier molecular flexibility index (Phi) is 5.11. The maximum atomic E-state index is 12.0. The number of carbonyl (C=O) groups is 1. The van der Waals surface area contributed by atoms with E-state index in [1.165, 1.54) is 25.0 Å². The number of hydrogen-bond donors (Lipinski definition) is 2. The molecule has 2 rings (SSSR count). The average Bonchev–Trinajstić information content (AvgIpc) is 2.41.